The number of carbonyl (C=O) groups is 1. The van der Waals surface area contributed by atoms with Crippen LogP contribution in [0.2, 0.25) is 0 Å². The zero-order valence-electron chi connectivity index (χ0n) is 12.0. The number of hydrogen-bond acceptors (Lipinski definition) is 2. The maximum atomic E-state index is 12.7. The summed E-state index contributed by atoms with van der Waals surface area (Å²) < 4.78 is 1.84. The molecule has 1 amide bonds. The van der Waals surface area contributed by atoms with Crippen molar-refractivity contribution in [3.8, 4) is 0 Å². The fourth-order valence-electron chi connectivity index (χ4n) is 2.09. The molecule has 0 fully saturated rings. The van der Waals surface area contributed by atoms with Crippen molar-refractivity contribution < 1.29 is 4.79 Å². The Balaban J connectivity index is 2.20. The summed E-state index contributed by atoms with van der Waals surface area (Å²) in [6.45, 7) is 5.56. The van der Waals surface area contributed by atoms with E-state index in [2.05, 4.69) is 70.0 Å². The van der Waals surface area contributed by atoms with E-state index in [1.54, 1.807) is 0 Å². The van der Waals surface area contributed by atoms with E-state index in [-0.39, 0.29) is 5.91 Å². The van der Waals surface area contributed by atoms with Crippen LogP contribution in [-0.4, -0.2) is 17.4 Å². The molecule has 112 valence electrons. The van der Waals surface area contributed by atoms with Crippen molar-refractivity contribution in [1.82, 2.24) is 4.90 Å². The molecule has 0 aliphatic heterocycles. The molecule has 5 heteroatoms. The zero-order chi connectivity index (χ0) is 15.4. The first-order valence-electron chi connectivity index (χ1n) is 6.81. The van der Waals surface area contributed by atoms with E-state index >= 15 is 0 Å². The Hall–Kier alpha value is -0.650. The predicted octanol–water partition coefficient (Wildman–Crippen LogP) is 5.63. The lowest BCUT2D eigenvalue weighted by molar-refractivity contribution is 0.0743. The van der Waals surface area contributed by atoms with Gasteiger partial charge in [-0.05, 0) is 56.8 Å². The van der Waals surface area contributed by atoms with Gasteiger partial charge in [-0.2, -0.15) is 0 Å². The number of carbonyl (C=O) groups excluding carboxylic acids is 1. The highest BCUT2D eigenvalue weighted by molar-refractivity contribution is 9.12. The van der Waals surface area contributed by atoms with E-state index in [1.165, 1.54) is 16.9 Å². The lowest BCUT2D eigenvalue weighted by Gasteiger charge is -2.22. The van der Waals surface area contributed by atoms with Crippen molar-refractivity contribution in [2.45, 2.75) is 26.8 Å². The van der Waals surface area contributed by atoms with Crippen LogP contribution < -0.4 is 0 Å². The van der Waals surface area contributed by atoms with Crippen LogP contribution in [0.25, 0.3) is 0 Å². The molecular formula is C16H17Br2NOS. The first kappa shape index (κ1) is 16.7. The minimum atomic E-state index is 0.0752. The predicted molar refractivity (Wildman–Crippen MR) is 95.9 cm³/mol. The Kier molecular flexibility index (Phi) is 6.02. The molecule has 0 aliphatic rings. The normalized spacial score (nSPS) is 10.7. The molecule has 0 bridgehead atoms. The lowest BCUT2D eigenvalue weighted by Crippen LogP contribution is -2.31. The lowest BCUT2D eigenvalue weighted by atomic mass is 10.1. The molecule has 1 heterocycles. The first-order chi connectivity index (χ1) is 10.0. The van der Waals surface area contributed by atoms with E-state index in [0.29, 0.717) is 6.54 Å². The Morgan fingerprint density at radius 1 is 1.24 bits per heavy atom. The maximum absolute atomic E-state index is 12.7. The third-order valence-corrected chi connectivity index (χ3v) is 5.50. The number of aryl methyl sites for hydroxylation is 1. The van der Waals surface area contributed by atoms with Crippen molar-refractivity contribution >= 4 is 49.1 Å². The molecule has 1 aromatic carbocycles. The Morgan fingerprint density at radius 2 is 1.90 bits per heavy atom. The second kappa shape index (κ2) is 7.56. The van der Waals surface area contributed by atoms with E-state index in [1.807, 2.05) is 11.0 Å². The zero-order valence-corrected chi connectivity index (χ0v) is 16.0. The third-order valence-electron chi connectivity index (χ3n) is 3.16. The smallest absolute Gasteiger partial charge is 0.256 e. The molecule has 1 aromatic heterocycles. The Bertz CT molecular complexity index is 622. The molecule has 0 saturated heterocycles. The minimum Gasteiger partial charge on any atom is -0.334 e. The summed E-state index contributed by atoms with van der Waals surface area (Å²) in [5, 5.41) is 0. The molecule has 2 nitrogen and oxygen atoms in total. The van der Waals surface area contributed by atoms with Gasteiger partial charge in [0.05, 0.1) is 13.1 Å². The number of thiophene rings is 1. The SMILES string of the molecule is CCCN(Cc1ccc(C)cc1)C(=O)c1cc(Br)sc1Br. The van der Waals surface area contributed by atoms with Crippen LogP contribution in [-0.2, 0) is 6.54 Å². The molecule has 2 rings (SSSR count). The number of amides is 1. The van der Waals surface area contributed by atoms with E-state index in [4.69, 9.17) is 0 Å². The standard InChI is InChI=1S/C16H17Br2NOS/c1-3-8-19(10-12-6-4-11(2)5-7-12)16(20)13-9-14(17)21-15(13)18/h4-7,9H,3,8,10H2,1-2H3. The van der Waals surface area contributed by atoms with E-state index < -0.39 is 0 Å². The van der Waals surface area contributed by atoms with Crippen molar-refractivity contribution in [3.63, 3.8) is 0 Å². The van der Waals surface area contributed by atoms with Gasteiger partial charge in [0.25, 0.3) is 5.91 Å². The molecule has 21 heavy (non-hydrogen) atoms. The van der Waals surface area contributed by atoms with Crippen LogP contribution in [0.5, 0.6) is 0 Å². The van der Waals surface area contributed by atoms with Gasteiger partial charge in [-0.15, -0.1) is 11.3 Å². The van der Waals surface area contributed by atoms with Crippen molar-refractivity contribution in [3.05, 3.63) is 54.6 Å². The number of rotatable bonds is 5. The van der Waals surface area contributed by atoms with Gasteiger partial charge in [0.15, 0.2) is 0 Å². The van der Waals surface area contributed by atoms with E-state index in [9.17, 15) is 4.79 Å². The molecule has 0 radical (unpaired) electrons. The van der Waals surface area contributed by atoms with Gasteiger partial charge >= 0.3 is 0 Å². The fraction of sp³-hybridized carbons (Fsp3) is 0.312. The van der Waals surface area contributed by atoms with Crippen LogP contribution in [0.15, 0.2) is 37.9 Å². The molecular weight excluding hydrogens is 414 g/mol. The summed E-state index contributed by atoms with van der Waals surface area (Å²) >= 11 is 8.43. The van der Waals surface area contributed by atoms with Gasteiger partial charge in [0, 0.05) is 13.1 Å². The van der Waals surface area contributed by atoms with Crippen LogP contribution in [0.1, 0.15) is 34.8 Å². The average Bonchev–Trinajstić information content (AvgIpc) is 2.79. The van der Waals surface area contributed by atoms with Gasteiger partial charge in [-0.25, -0.2) is 0 Å². The van der Waals surface area contributed by atoms with Crippen molar-refractivity contribution in [1.29, 1.82) is 0 Å². The van der Waals surface area contributed by atoms with Crippen LogP contribution in [0.4, 0.5) is 0 Å². The number of halogens is 2. The summed E-state index contributed by atoms with van der Waals surface area (Å²) in [6.07, 6.45) is 0.945. The average molecular weight is 431 g/mol. The Labute approximate surface area is 146 Å². The fourth-order valence-corrected chi connectivity index (χ4v) is 4.87. The van der Waals surface area contributed by atoms with Gasteiger partial charge in [0.1, 0.15) is 0 Å². The molecule has 0 atom stereocenters. The molecule has 0 unspecified atom stereocenters. The summed E-state index contributed by atoms with van der Waals surface area (Å²) in [6, 6.07) is 10.2. The van der Waals surface area contributed by atoms with Crippen LogP contribution in [0, 0.1) is 6.92 Å². The van der Waals surface area contributed by atoms with Crippen molar-refractivity contribution in [2.24, 2.45) is 0 Å². The van der Waals surface area contributed by atoms with Crippen LogP contribution in [0.3, 0.4) is 0 Å². The third kappa shape index (κ3) is 4.41. The number of benzene rings is 1. The van der Waals surface area contributed by atoms with Gasteiger partial charge in [0.2, 0.25) is 0 Å². The Morgan fingerprint density at radius 3 is 2.43 bits per heavy atom. The van der Waals surface area contributed by atoms with Gasteiger partial charge in [-0.1, -0.05) is 36.8 Å². The summed E-state index contributed by atoms with van der Waals surface area (Å²) in [4.78, 5) is 14.6. The minimum absolute atomic E-state index is 0.0752. The topological polar surface area (TPSA) is 20.3 Å². The molecule has 0 aliphatic carbocycles. The highest BCUT2D eigenvalue weighted by atomic mass is 79.9. The van der Waals surface area contributed by atoms with Crippen molar-refractivity contribution in [2.75, 3.05) is 6.54 Å². The van der Waals surface area contributed by atoms with Gasteiger partial charge in [-0.3, -0.25) is 4.79 Å². The maximum Gasteiger partial charge on any atom is 0.256 e. The van der Waals surface area contributed by atoms with Crippen LogP contribution >= 0.6 is 43.2 Å². The number of nitrogens with zero attached hydrogens (tertiary/aromatic N) is 1. The van der Waals surface area contributed by atoms with Gasteiger partial charge < -0.3 is 4.90 Å². The molecule has 2 aromatic rings. The quantitative estimate of drug-likeness (QED) is 0.601. The highest BCUT2D eigenvalue weighted by Crippen LogP contribution is 2.32. The summed E-state index contributed by atoms with van der Waals surface area (Å²) in [5.41, 5.74) is 3.12. The second-order valence-electron chi connectivity index (χ2n) is 4.95. The highest BCUT2D eigenvalue weighted by Gasteiger charge is 2.20. The monoisotopic (exact) mass is 429 g/mol. The molecule has 0 spiro atoms. The largest absolute Gasteiger partial charge is 0.334 e. The summed E-state index contributed by atoms with van der Waals surface area (Å²) in [7, 11) is 0. The molecule has 0 saturated carbocycles. The number of hydrogen-bond donors (Lipinski definition) is 0. The van der Waals surface area contributed by atoms with E-state index in [0.717, 1.165) is 31.7 Å². The molecule has 0 N–H and O–H groups in total. The second-order valence-corrected chi connectivity index (χ2v) is 8.70. The summed E-state index contributed by atoms with van der Waals surface area (Å²) in [5.74, 6) is 0.0752. The first-order valence-corrected chi connectivity index (χ1v) is 9.21.